The lowest BCUT2D eigenvalue weighted by Gasteiger charge is -2.23. The molecule has 0 atom stereocenters. The summed E-state index contributed by atoms with van der Waals surface area (Å²) in [5.74, 6) is 0.779. The van der Waals surface area contributed by atoms with Gasteiger partial charge in [-0.05, 0) is 37.0 Å². The van der Waals surface area contributed by atoms with Crippen molar-refractivity contribution >= 4 is 23.2 Å². The molecule has 0 radical (unpaired) electrons. The smallest absolute Gasteiger partial charge is 0.246 e. The van der Waals surface area contributed by atoms with Crippen molar-refractivity contribution in [3.8, 4) is 0 Å². The summed E-state index contributed by atoms with van der Waals surface area (Å²) in [6, 6.07) is 5.97. The monoisotopic (exact) mass is 334 g/mol. The molecular formula is C16H19ClN4O2. The summed E-state index contributed by atoms with van der Waals surface area (Å²) in [4.78, 5) is 17.9. The van der Waals surface area contributed by atoms with Crippen molar-refractivity contribution in [2.75, 3.05) is 18.5 Å². The Bertz CT molecular complexity index is 701. The van der Waals surface area contributed by atoms with Crippen LogP contribution in [0.25, 0.3) is 0 Å². The maximum Gasteiger partial charge on any atom is 0.246 e. The first-order valence-corrected chi connectivity index (χ1v) is 8.09. The van der Waals surface area contributed by atoms with E-state index in [0.29, 0.717) is 18.3 Å². The summed E-state index contributed by atoms with van der Waals surface area (Å²) in [6.07, 6.45) is 3.31. The molecule has 1 amide bonds. The van der Waals surface area contributed by atoms with Crippen LogP contribution in [0.1, 0.15) is 30.1 Å². The fourth-order valence-electron chi connectivity index (χ4n) is 2.80. The second kappa shape index (κ2) is 7.00. The van der Waals surface area contributed by atoms with Crippen molar-refractivity contribution in [2.24, 2.45) is 0 Å². The molecule has 2 aromatic rings. The second-order valence-electron chi connectivity index (χ2n) is 5.57. The predicted molar refractivity (Wildman–Crippen MR) is 87.5 cm³/mol. The fourth-order valence-corrected chi connectivity index (χ4v) is 3.07. The number of hydrogen-bond donors (Lipinski definition) is 1. The van der Waals surface area contributed by atoms with Gasteiger partial charge in [0.25, 0.3) is 0 Å². The number of halogens is 1. The summed E-state index contributed by atoms with van der Waals surface area (Å²) in [7, 11) is 1.58. The van der Waals surface area contributed by atoms with Crippen LogP contribution in [0.15, 0.2) is 22.7 Å². The zero-order chi connectivity index (χ0) is 16.2. The van der Waals surface area contributed by atoms with Gasteiger partial charge in [-0.15, -0.1) is 0 Å². The quantitative estimate of drug-likeness (QED) is 0.929. The second-order valence-corrected chi connectivity index (χ2v) is 5.98. The van der Waals surface area contributed by atoms with Crippen LogP contribution in [0.5, 0.6) is 0 Å². The van der Waals surface area contributed by atoms with Crippen LogP contribution in [0, 0.1) is 0 Å². The summed E-state index contributed by atoms with van der Waals surface area (Å²) >= 11 is 6.34. The molecule has 0 spiro atoms. The maximum absolute atomic E-state index is 11.4. The average molecular weight is 335 g/mol. The first-order valence-electron chi connectivity index (χ1n) is 7.71. The van der Waals surface area contributed by atoms with Crippen molar-refractivity contribution < 1.29 is 9.32 Å². The SMILES string of the molecule is CNC(=O)Cc1noc(CN2CCCCc3c(Cl)cccc32)n1. The third-order valence-corrected chi connectivity index (χ3v) is 4.33. The van der Waals surface area contributed by atoms with Gasteiger partial charge in [0.15, 0.2) is 5.82 Å². The van der Waals surface area contributed by atoms with Gasteiger partial charge in [-0.3, -0.25) is 4.79 Å². The predicted octanol–water partition coefficient (Wildman–Crippen LogP) is 2.35. The van der Waals surface area contributed by atoms with E-state index in [1.165, 1.54) is 5.56 Å². The highest BCUT2D eigenvalue weighted by Gasteiger charge is 2.20. The molecule has 7 heteroatoms. The largest absolute Gasteiger partial charge is 0.362 e. The Kier molecular flexibility index (Phi) is 4.81. The molecule has 0 unspecified atom stereocenters. The molecule has 23 heavy (non-hydrogen) atoms. The minimum Gasteiger partial charge on any atom is -0.362 e. The Labute approximate surface area is 139 Å². The van der Waals surface area contributed by atoms with E-state index in [1.807, 2.05) is 12.1 Å². The van der Waals surface area contributed by atoms with E-state index in [0.717, 1.165) is 36.5 Å². The normalized spacial score (nSPS) is 14.3. The fraction of sp³-hybridized carbons (Fsp3) is 0.438. The lowest BCUT2D eigenvalue weighted by Crippen LogP contribution is -2.24. The minimum atomic E-state index is -0.135. The number of nitrogens with one attached hydrogen (secondary N) is 1. The van der Waals surface area contributed by atoms with Crippen LogP contribution in [0.4, 0.5) is 5.69 Å². The van der Waals surface area contributed by atoms with Gasteiger partial charge in [-0.2, -0.15) is 4.98 Å². The van der Waals surface area contributed by atoms with Crippen LogP contribution < -0.4 is 10.2 Å². The summed E-state index contributed by atoms with van der Waals surface area (Å²) in [6.45, 7) is 1.44. The lowest BCUT2D eigenvalue weighted by molar-refractivity contribution is -0.120. The van der Waals surface area contributed by atoms with Gasteiger partial charge < -0.3 is 14.7 Å². The van der Waals surface area contributed by atoms with E-state index in [4.69, 9.17) is 16.1 Å². The highest BCUT2D eigenvalue weighted by Crippen LogP contribution is 2.32. The Morgan fingerprint density at radius 1 is 1.43 bits per heavy atom. The number of fused-ring (bicyclic) bond motifs is 1. The standard InChI is InChI=1S/C16H19ClN4O2/c1-18-15(22)9-14-19-16(23-20-14)10-21-8-3-2-5-11-12(17)6-4-7-13(11)21/h4,6-7H,2-3,5,8-10H2,1H3,(H,18,22). The Balaban J connectivity index is 1.78. The molecule has 0 bridgehead atoms. The molecular weight excluding hydrogens is 316 g/mol. The zero-order valence-corrected chi connectivity index (χ0v) is 13.8. The van der Waals surface area contributed by atoms with Gasteiger partial charge in [0.2, 0.25) is 11.8 Å². The van der Waals surface area contributed by atoms with Crippen LogP contribution in [0.3, 0.4) is 0 Å². The zero-order valence-electron chi connectivity index (χ0n) is 13.0. The van der Waals surface area contributed by atoms with E-state index in [-0.39, 0.29) is 12.3 Å². The Morgan fingerprint density at radius 3 is 3.13 bits per heavy atom. The van der Waals surface area contributed by atoms with Gasteiger partial charge >= 0.3 is 0 Å². The molecule has 1 aromatic heterocycles. The molecule has 1 N–H and O–H groups in total. The topological polar surface area (TPSA) is 71.3 Å². The van der Waals surface area contributed by atoms with Crippen molar-refractivity contribution in [3.63, 3.8) is 0 Å². The first-order chi connectivity index (χ1) is 11.2. The van der Waals surface area contributed by atoms with Crippen LogP contribution in [-0.4, -0.2) is 29.6 Å². The third-order valence-electron chi connectivity index (χ3n) is 3.97. The van der Waals surface area contributed by atoms with Gasteiger partial charge in [0.05, 0.1) is 13.0 Å². The van der Waals surface area contributed by atoms with Crippen molar-refractivity contribution in [2.45, 2.75) is 32.2 Å². The number of nitrogens with zero attached hydrogens (tertiary/aromatic N) is 3. The molecule has 0 saturated heterocycles. The molecule has 1 aliphatic heterocycles. The number of rotatable bonds is 4. The van der Waals surface area contributed by atoms with Gasteiger partial charge in [0.1, 0.15) is 0 Å². The molecule has 1 aromatic carbocycles. The Morgan fingerprint density at radius 2 is 2.30 bits per heavy atom. The summed E-state index contributed by atoms with van der Waals surface area (Å²) in [5.41, 5.74) is 2.30. The molecule has 0 fully saturated rings. The molecule has 3 rings (SSSR count). The number of likely N-dealkylation sites (N-methyl/N-ethyl adjacent to an activating group) is 1. The number of amides is 1. The molecule has 122 valence electrons. The van der Waals surface area contributed by atoms with E-state index >= 15 is 0 Å². The first kappa shape index (κ1) is 15.8. The van der Waals surface area contributed by atoms with Gasteiger partial charge in [0, 0.05) is 24.3 Å². The lowest BCUT2D eigenvalue weighted by atomic mass is 10.1. The number of carbonyl (C=O) groups is 1. The minimum absolute atomic E-state index is 0.127. The maximum atomic E-state index is 11.4. The van der Waals surface area contributed by atoms with E-state index in [9.17, 15) is 4.79 Å². The van der Waals surface area contributed by atoms with Crippen molar-refractivity contribution in [1.29, 1.82) is 0 Å². The van der Waals surface area contributed by atoms with Gasteiger partial charge in [-0.1, -0.05) is 22.8 Å². The highest BCUT2D eigenvalue weighted by atomic mass is 35.5. The number of aromatic nitrogens is 2. The molecule has 0 aliphatic carbocycles. The third kappa shape index (κ3) is 3.64. The highest BCUT2D eigenvalue weighted by molar-refractivity contribution is 6.31. The van der Waals surface area contributed by atoms with Crippen molar-refractivity contribution in [1.82, 2.24) is 15.5 Å². The van der Waals surface area contributed by atoms with E-state index < -0.39 is 0 Å². The number of benzene rings is 1. The van der Waals surface area contributed by atoms with Gasteiger partial charge in [-0.25, -0.2) is 0 Å². The molecule has 1 aliphatic rings. The summed E-state index contributed by atoms with van der Waals surface area (Å²) < 4.78 is 5.28. The van der Waals surface area contributed by atoms with E-state index in [2.05, 4.69) is 26.4 Å². The summed E-state index contributed by atoms with van der Waals surface area (Å²) in [5, 5.41) is 7.22. The van der Waals surface area contributed by atoms with Crippen LogP contribution in [0.2, 0.25) is 5.02 Å². The average Bonchev–Trinajstić information content (AvgIpc) is 2.87. The van der Waals surface area contributed by atoms with Crippen molar-refractivity contribution in [3.05, 3.63) is 40.5 Å². The molecule has 2 heterocycles. The Hall–Kier alpha value is -2.08. The molecule has 0 saturated carbocycles. The number of anilines is 1. The molecule has 6 nitrogen and oxygen atoms in total. The van der Waals surface area contributed by atoms with E-state index in [1.54, 1.807) is 7.05 Å². The van der Waals surface area contributed by atoms with Crippen LogP contribution >= 0.6 is 11.6 Å². The van der Waals surface area contributed by atoms with Crippen LogP contribution in [-0.2, 0) is 24.2 Å². The number of hydrogen-bond acceptors (Lipinski definition) is 5. The number of carbonyl (C=O) groups excluding carboxylic acids is 1.